The lowest BCUT2D eigenvalue weighted by atomic mass is 10.1. The van der Waals surface area contributed by atoms with Crippen LogP contribution in [-0.2, 0) is 17.8 Å². The SMILES string of the molecule is CCCn1c(C(C)N2CCN(C(=O)Cc3ccccc3)CC2)nc2ccccc2c1=O. The van der Waals surface area contributed by atoms with E-state index in [9.17, 15) is 9.59 Å². The van der Waals surface area contributed by atoms with Crippen LogP contribution in [0.15, 0.2) is 59.4 Å². The summed E-state index contributed by atoms with van der Waals surface area (Å²) in [6.07, 6.45) is 1.32. The number of rotatable bonds is 6. The number of para-hydroxylation sites is 1. The molecule has 0 radical (unpaired) electrons. The number of carbonyl (C=O) groups is 1. The highest BCUT2D eigenvalue weighted by Gasteiger charge is 2.27. The Morgan fingerprint density at radius 1 is 1.00 bits per heavy atom. The third kappa shape index (κ3) is 4.54. The summed E-state index contributed by atoms with van der Waals surface area (Å²) in [5.74, 6) is 0.986. The minimum Gasteiger partial charge on any atom is -0.340 e. The zero-order valence-electron chi connectivity index (χ0n) is 18.3. The van der Waals surface area contributed by atoms with Gasteiger partial charge in [0.15, 0.2) is 0 Å². The van der Waals surface area contributed by atoms with Crippen molar-refractivity contribution >= 4 is 16.8 Å². The predicted molar refractivity (Wildman–Crippen MR) is 123 cm³/mol. The van der Waals surface area contributed by atoms with Crippen molar-refractivity contribution in [3.05, 3.63) is 76.3 Å². The Bertz CT molecular complexity index is 1100. The molecule has 6 nitrogen and oxygen atoms in total. The van der Waals surface area contributed by atoms with E-state index in [0.29, 0.717) is 31.4 Å². The number of nitrogens with zero attached hydrogens (tertiary/aromatic N) is 4. The number of hydrogen-bond acceptors (Lipinski definition) is 4. The van der Waals surface area contributed by atoms with Gasteiger partial charge in [-0.25, -0.2) is 4.98 Å². The molecule has 1 aliphatic heterocycles. The van der Waals surface area contributed by atoms with Crippen molar-refractivity contribution in [2.45, 2.75) is 39.3 Å². The smallest absolute Gasteiger partial charge is 0.261 e. The van der Waals surface area contributed by atoms with Gasteiger partial charge in [-0.15, -0.1) is 0 Å². The maximum atomic E-state index is 13.1. The Balaban J connectivity index is 1.49. The fourth-order valence-corrected chi connectivity index (χ4v) is 4.35. The third-order valence-corrected chi connectivity index (χ3v) is 6.12. The van der Waals surface area contributed by atoms with Crippen LogP contribution in [0.25, 0.3) is 10.9 Å². The van der Waals surface area contributed by atoms with Gasteiger partial charge in [0.05, 0.1) is 23.4 Å². The van der Waals surface area contributed by atoms with Crippen molar-refractivity contribution in [3.63, 3.8) is 0 Å². The molecule has 1 saturated heterocycles. The van der Waals surface area contributed by atoms with Crippen molar-refractivity contribution in [1.29, 1.82) is 0 Å². The molecule has 2 heterocycles. The Morgan fingerprint density at radius 3 is 2.39 bits per heavy atom. The van der Waals surface area contributed by atoms with E-state index in [1.54, 1.807) is 0 Å². The van der Waals surface area contributed by atoms with Crippen LogP contribution in [0.5, 0.6) is 0 Å². The third-order valence-electron chi connectivity index (χ3n) is 6.12. The average Bonchev–Trinajstić information content (AvgIpc) is 2.81. The fourth-order valence-electron chi connectivity index (χ4n) is 4.35. The van der Waals surface area contributed by atoms with Gasteiger partial charge >= 0.3 is 0 Å². The number of hydrogen-bond donors (Lipinski definition) is 0. The minimum absolute atomic E-state index is 0.00947. The first-order chi connectivity index (χ1) is 15.1. The minimum atomic E-state index is 0.00947. The van der Waals surface area contributed by atoms with Gasteiger partial charge in [-0.05, 0) is 31.0 Å². The van der Waals surface area contributed by atoms with E-state index in [1.807, 2.05) is 64.1 Å². The second-order valence-electron chi connectivity index (χ2n) is 8.20. The molecule has 31 heavy (non-hydrogen) atoms. The number of piperazine rings is 1. The van der Waals surface area contributed by atoms with E-state index in [2.05, 4.69) is 18.7 Å². The first-order valence-corrected chi connectivity index (χ1v) is 11.1. The summed E-state index contributed by atoms with van der Waals surface area (Å²) < 4.78 is 1.83. The molecule has 6 heteroatoms. The topological polar surface area (TPSA) is 58.4 Å². The van der Waals surface area contributed by atoms with Gasteiger partial charge in [0, 0.05) is 32.7 Å². The standard InChI is InChI=1S/C25H30N4O2/c1-3-13-29-24(26-22-12-8-7-11-21(22)25(29)31)19(2)27-14-16-28(17-15-27)23(30)18-20-9-5-4-6-10-20/h4-12,19H,3,13-18H2,1-2H3. The highest BCUT2D eigenvalue weighted by Crippen LogP contribution is 2.22. The molecular formula is C25H30N4O2. The number of carbonyl (C=O) groups excluding carboxylic acids is 1. The summed E-state index contributed by atoms with van der Waals surface area (Å²) in [5.41, 5.74) is 1.83. The van der Waals surface area contributed by atoms with Crippen LogP contribution in [0.1, 0.15) is 37.7 Å². The fraction of sp³-hybridized carbons (Fsp3) is 0.400. The van der Waals surface area contributed by atoms with E-state index < -0.39 is 0 Å². The molecule has 1 unspecified atom stereocenters. The number of amides is 1. The molecule has 1 atom stereocenters. The van der Waals surface area contributed by atoms with Crippen LogP contribution >= 0.6 is 0 Å². The van der Waals surface area contributed by atoms with Crippen molar-refractivity contribution < 1.29 is 4.79 Å². The zero-order valence-corrected chi connectivity index (χ0v) is 18.3. The second kappa shape index (κ2) is 9.43. The summed E-state index contributed by atoms with van der Waals surface area (Å²) in [6.45, 7) is 7.79. The molecule has 0 N–H and O–H groups in total. The molecule has 4 rings (SSSR count). The van der Waals surface area contributed by atoms with Crippen LogP contribution < -0.4 is 5.56 Å². The predicted octanol–water partition coefficient (Wildman–Crippen LogP) is 3.25. The molecule has 1 amide bonds. The number of fused-ring (bicyclic) bond motifs is 1. The van der Waals surface area contributed by atoms with Gasteiger partial charge in [0.25, 0.3) is 5.56 Å². The molecular weight excluding hydrogens is 388 g/mol. The van der Waals surface area contributed by atoms with Crippen LogP contribution in [0.3, 0.4) is 0 Å². The lowest BCUT2D eigenvalue weighted by Gasteiger charge is -2.38. The average molecular weight is 419 g/mol. The van der Waals surface area contributed by atoms with Gasteiger partial charge in [-0.1, -0.05) is 49.4 Å². The van der Waals surface area contributed by atoms with E-state index >= 15 is 0 Å². The van der Waals surface area contributed by atoms with E-state index in [-0.39, 0.29) is 17.5 Å². The van der Waals surface area contributed by atoms with Crippen molar-refractivity contribution in [1.82, 2.24) is 19.4 Å². The summed E-state index contributed by atoms with van der Waals surface area (Å²) in [6, 6.07) is 17.5. The molecule has 3 aromatic rings. The monoisotopic (exact) mass is 418 g/mol. The lowest BCUT2D eigenvalue weighted by Crippen LogP contribution is -2.50. The van der Waals surface area contributed by atoms with Crippen molar-refractivity contribution in [3.8, 4) is 0 Å². The van der Waals surface area contributed by atoms with Gasteiger partial charge < -0.3 is 4.90 Å². The highest BCUT2D eigenvalue weighted by molar-refractivity contribution is 5.79. The Labute approximate surface area is 183 Å². The molecule has 0 spiro atoms. The van der Waals surface area contributed by atoms with Crippen LogP contribution in [0.4, 0.5) is 0 Å². The highest BCUT2D eigenvalue weighted by atomic mass is 16.2. The molecule has 2 aromatic carbocycles. The molecule has 1 aliphatic rings. The van der Waals surface area contributed by atoms with E-state index in [0.717, 1.165) is 36.4 Å². The molecule has 0 bridgehead atoms. The van der Waals surface area contributed by atoms with Gasteiger partial charge in [-0.3, -0.25) is 19.1 Å². The van der Waals surface area contributed by atoms with Crippen LogP contribution in [0.2, 0.25) is 0 Å². The molecule has 0 saturated carbocycles. The summed E-state index contributed by atoms with van der Waals surface area (Å²) in [5, 5.41) is 0.670. The first kappa shape index (κ1) is 21.2. The quantitative estimate of drug-likeness (QED) is 0.617. The zero-order chi connectivity index (χ0) is 21.8. The molecule has 1 fully saturated rings. The van der Waals surface area contributed by atoms with E-state index in [1.165, 1.54) is 0 Å². The summed E-state index contributed by atoms with van der Waals surface area (Å²) in [4.78, 5) is 34.9. The summed E-state index contributed by atoms with van der Waals surface area (Å²) >= 11 is 0. The molecule has 1 aromatic heterocycles. The lowest BCUT2D eigenvalue weighted by molar-refractivity contribution is -0.132. The Hall–Kier alpha value is -2.99. The van der Waals surface area contributed by atoms with Crippen LogP contribution in [-0.4, -0.2) is 51.4 Å². The van der Waals surface area contributed by atoms with Crippen molar-refractivity contribution in [2.24, 2.45) is 0 Å². The Kier molecular flexibility index (Phi) is 6.47. The van der Waals surface area contributed by atoms with Gasteiger partial charge in [0.2, 0.25) is 5.91 Å². The number of aromatic nitrogens is 2. The maximum absolute atomic E-state index is 13.1. The number of benzene rings is 2. The first-order valence-electron chi connectivity index (χ1n) is 11.1. The normalized spacial score (nSPS) is 15.9. The van der Waals surface area contributed by atoms with Gasteiger partial charge in [0.1, 0.15) is 5.82 Å². The van der Waals surface area contributed by atoms with E-state index in [4.69, 9.17) is 4.98 Å². The summed E-state index contributed by atoms with van der Waals surface area (Å²) in [7, 11) is 0. The maximum Gasteiger partial charge on any atom is 0.261 e. The second-order valence-corrected chi connectivity index (χ2v) is 8.20. The molecule has 0 aliphatic carbocycles. The molecule has 162 valence electrons. The van der Waals surface area contributed by atoms with Crippen LogP contribution in [0, 0.1) is 0 Å². The van der Waals surface area contributed by atoms with Gasteiger partial charge in [-0.2, -0.15) is 0 Å². The Morgan fingerprint density at radius 2 is 1.68 bits per heavy atom. The largest absolute Gasteiger partial charge is 0.340 e. The van der Waals surface area contributed by atoms with Crippen molar-refractivity contribution in [2.75, 3.05) is 26.2 Å².